The van der Waals surface area contributed by atoms with Gasteiger partial charge >= 0.3 is 0 Å². The number of rotatable bonds is 3. The van der Waals surface area contributed by atoms with Crippen molar-refractivity contribution in [1.82, 2.24) is 5.43 Å². The lowest BCUT2D eigenvalue weighted by Gasteiger charge is -2.03. The number of carbonyl (C=O) groups excluding carboxylic acids is 1. The summed E-state index contributed by atoms with van der Waals surface area (Å²) >= 11 is 3.22. The molecule has 0 heterocycles. The van der Waals surface area contributed by atoms with Gasteiger partial charge in [0.15, 0.2) is 0 Å². The van der Waals surface area contributed by atoms with Crippen molar-refractivity contribution in [3.05, 3.63) is 58.1 Å². The molecule has 0 spiro atoms. The zero-order valence-corrected chi connectivity index (χ0v) is 11.8. The van der Waals surface area contributed by atoms with Crippen molar-refractivity contribution < 1.29 is 15.0 Å². The first-order valence-corrected chi connectivity index (χ1v) is 6.47. The molecule has 0 radical (unpaired) electrons. The van der Waals surface area contributed by atoms with Gasteiger partial charge in [0.2, 0.25) is 0 Å². The Morgan fingerprint density at radius 2 is 1.90 bits per heavy atom. The van der Waals surface area contributed by atoms with Gasteiger partial charge in [0.25, 0.3) is 5.91 Å². The number of nitrogens with zero attached hydrogens (tertiary/aromatic N) is 1. The van der Waals surface area contributed by atoms with Crippen molar-refractivity contribution in [3.8, 4) is 11.5 Å². The van der Waals surface area contributed by atoms with Crippen LogP contribution in [0.4, 0.5) is 0 Å². The molecule has 2 aromatic carbocycles. The van der Waals surface area contributed by atoms with Crippen LogP contribution in [0, 0.1) is 0 Å². The van der Waals surface area contributed by atoms with Gasteiger partial charge in [-0.05, 0) is 30.3 Å². The number of carbonyl (C=O) groups is 1. The van der Waals surface area contributed by atoms with Crippen LogP contribution in [0.5, 0.6) is 11.5 Å². The average molecular weight is 335 g/mol. The number of aromatic hydroxyl groups is 2. The van der Waals surface area contributed by atoms with E-state index in [2.05, 4.69) is 26.5 Å². The van der Waals surface area contributed by atoms with Gasteiger partial charge < -0.3 is 10.2 Å². The fourth-order valence-electron chi connectivity index (χ4n) is 1.51. The molecule has 0 saturated carbocycles. The van der Waals surface area contributed by atoms with E-state index in [1.54, 1.807) is 24.3 Å². The summed E-state index contributed by atoms with van der Waals surface area (Å²) < 4.78 is 0.671. The maximum absolute atomic E-state index is 11.8. The number of benzene rings is 2. The maximum atomic E-state index is 11.8. The first-order valence-electron chi connectivity index (χ1n) is 5.68. The number of phenolic OH excluding ortho intramolecular Hbond substituents is 2. The molecule has 0 aliphatic rings. The van der Waals surface area contributed by atoms with Gasteiger partial charge in [-0.2, -0.15) is 5.10 Å². The standard InChI is InChI=1S/C14H11BrN2O3/c15-10-5-6-13(19)11(7-10)14(20)17-16-8-9-3-1-2-4-12(9)18/h1-8,18-19H,(H,17,20). The first kappa shape index (κ1) is 14.1. The smallest absolute Gasteiger partial charge is 0.275 e. The Morgan fingerprint density at radius 3 is 2.65 bits per heavy atom. The fraction of sp³-hybridized carbons (Fsp3) is 0. The van der Waals surface area contributed by atoms with Gasteiger partial charge in [0.1, 0.15) is 11.5 Å². The second kappa shape index (κ2) is 6.21. The lowest BCUT2D eigenvalue weighted by molar-refractivity contribution is 0.0952. The largest absolute Gasteiger partial charge is 0.507 e. The summed E-state index contributed by atoms with van der Waals surface area (Å²) in [6.07, 6.45) is 1.32. The van der Waals surface area contributed by atoms with Crippen molar-refractivity contribution in [2.45, 2.75) is 0 Å². The minimum atomic E-state index is -0.546. The van der Waals surface area contributed by atoms with Crippen LogP contribution >= 0.6 is 15.9 Å². The molecule has 0 unspecified atom stereocenters. The third-order valence-corrected chi connectivity index (χ3v) is 3.00. The van der Waals surface area contributed by atoms with Crippen LogP contribution in [0.1, 0.15) is 15.9 Å². The third-order valence-electron chi connectivity index (χ3n) is 2.51. The van der Waals surface area contributed by atoms with E-state index in [1.807, 2.05) is 0 Å². The second-order valence-corrected chi connectivity index (χ2v) is 4.84. The van der Waals surface area contributed by atoms with E-state index in [9.17, 15) is 15.0 Å². The molecule has 0 aromatic heterocycles. The molecule has 2 aromatic rings. The topological polar surface area (TPSA) is 81.9 Å². The predicted octanol–water partition coefficient (Wildman–Crippen LogP) is 2.62. The maximum Gasteiger partial charge on any atom is 0.275 e. The summed E-state index contributed by atoms with van der Waals surface area (Å²) in [6, 6.07) is 11.1. The van der Waals surface area contributed by atoms with Crippen LogP contribution in [0.25, 0.3) is 0 Å². The molecule has 5 nitrogen and oxygen atoms in total. The monoisotopic (exact) mass is 334 g/mol. The highest BCUT2D eigenvalue weighted by atomic mass is 79.9. The number of phenols is 2. The van der Waals surface area contributed by atoms with E-state index in [-0.39, 0.29) is 17.1 Å². The Labute approximate surface area is 123 Å². The molecule has 0 fully saturated rings. The Hall–Kier alpha value is -2.34. The summed E-state index contributed by atoms with van der Waals surface area (Å²) in [5, 5.41) is 22.9. The number of nitrogens with one attached hydrogen (secondary N) is 1. The van der Waals surface area contributed by atoms with Crippen LogP contribution < -0.4 is 5.43 Å². The number of hydrogen-bond acceptors (Lipinski definition) is 4. The number of para-hydroxylation sites is 1. The molecule has 3 N–H and O–H groups in total. The molecule has 102 valence electrons. The summed E-state index contributed by atoms with van der Waals surface area (Å²) in [5.41, 5.74) is 2.86. The van der Waals surface area contributed by atoms with E-state index in [1.165, 1.54) is 24.4 Å². The zero-order chi connectivity index (χ0) is 14.5. The molecule has 0 aliphatic heterocycles. The number of hydrazone groups is 1. The van der Waals surface area contributed by atoms with Crippen molar-refractivity contribution in [3.63, 3.8) is 0 Å². The molecule has 0 atom stereocenters. The highest BCUT2D eigenvalue weighted by Gasteiger charge is 2.10. The van der Waals surface area contributed by atoms with E-state index in [4.69, 9.17) is 0 Å². The SMILES string of the molecule is O=C(NN=Cc1ccccc1O)c1cc(Br)ccc1O. The van der Waals surface area contributed by atoms with Crippen LogP contribution in [-0.2, 0) is 0 Å². The molecule has 1 amide bonds. The molecule has 2 rings (SSSR count). The summed E-state index contributed by atoms with van der Waals surface area (Å²) in [7, 11) is 0. The first-order chi connectivity index (χ1) is 9.58. The lowest BCUT2D eigenvalue weighted by Crippen LogP contribution is -2.17. The average Bonchev–Trinajstić information content (AvgIpc) is 2.43. The van der Waals surface area contributed by atoms with Crippen LogP contribution in [-0.4, -0.2) is 22.3 Å². The molecule has 0 bridgehead atoms. The quantitative estimate of drug-likeness (QED) is 0.596. The minimum absolute atomic E-state index is 0.0656. The highest BCUT2D eigenvalue weighted by molar-refractivity contribution is 9.10. The van der Waals surface area contributed by atoms with Crippen molar-refractivity contribution in [2.24, 2.45) is 5.10 Å². The number of halogens is 1. The third kappa shape index (κ3) is 3.36. The zero-order valence-electron chi connectivity index (χ0n) is 10.2. The normalized spacial score (nSPS) is 10.7. The van der Waals surface area contributed by atoms with Crippen molar-refractivity contribution >= 4 is 28.1 Å². The van der Waals surface area contributed by atoms with E-state index in [0.717, 1.165) is 0 Å². The molecule has 0 saturated heterocycles. The van der Waals surface area contributed by atoms with Gasteiger partial charge in [-0.3, -0.25) is 4.79 Å². The fourth-order valence-corrected chi connectivity index (χ4v) is 1.87. The van der Waals surface area contributed by atoms with Gasteiger partial charge in [-0.1, -0.05) is 28.1 Å². The Morgan fingerprint density at radius 1 is 1.15 bits per heavy atom. The van der Waals surface area contributed by atoms with Gasteiger partial charge in [-0.25, -0.2) is 5.43 Å². The molecule has 6 heteroatoms. The van der Waals surface area contributed by atoms with Crippen molar-refractivity contribution in [2.75, 3.05) is 0 Å². The lowest BCUT2D eigenvalue weighted by atomic mass is 10.2. The molecular formula is C14H11BrN2O3. The Bertz CT molecular complexity index is 671. The van der Waals surface area contributed by atoms with Gasteiger partial charge in [0.05, 0.1) is 11.8 Å². The number of hydrogen-bond donors (Lipinski definition) is 3. The van der Waals surface area contributed by atoms with Crippen molar-refractivity contribution in [1.29, 1.82) is 0 Å². The van der Waals surface area contributed by atoms with E-state index < -0.39 is 5.91 Å². The van der Waals surface area contributed by atoms with Gasteiger partial charge in [0, 0.05) is 10.0 Å². The summed E-state index contributed by atoms with van der Waals surface area (Å²) in [6.45, 7) is 0. The highest BCUT2D eigenvalue weighted by Crippen LogP contribution is 2.21. The molecule has 20 heavy (non-hydrogen) atoms. The van der Waals surface area contributed by atoms with Gasteiger partial charge in [-0.15, -0.1) is 0 Å². The summed E-state index contributed by atoms with van der Waals surface area (Å²) in [4.78, 5) is 11.8. The Kier molecular flexibility index (Phi) is 4.37. The minimum Gasteiger partial charge on any atom is -0.507 e. The molecule has 0 aliphatic carbocycles. The predicted molar refractivity (Wildman–Crippen MR) is 79.0 cm³/mol. The molecular weight excluding hydrogens is 324 g/mol. The Balaban J connectivity index is 2.09. The summed E-state index contributed by atoms with van der Waals surface area (Å²) in [5.74, 6) is -0.616. The second-order valence-electron chi connectivity index (χ2n) is 3.92. The van der Waals surface area contributed by atoms with Crippen LogP contribution in [0.15, 0.2) is 52.0 Å². The van der Waals surface area contributed by atoms with E-state index >= 15 is 0 Å². The number of amides is 1. The van der Waals surface area contributed by atoms with E-state index in [0.29, 0.717) is 10.0 Å². The van der Waals surface area contributed by atoms with Crippen LogP contribution in [0.3, 0.4) is 0 Å². The van der Waals surface area contributed by atoms with Crippen LogP contribution in [0.2, 0.25) is 0 Å².